The molecule has 0 aliphatic rings. The summed E-state index contributed by atoms with van der Waals surface area (Å²) in [4.78, 5) is 15.1. The first-order valence-electron chi connectivity index (χ1n) is 6.03. The second kappa shape index (κ2) is 4.94. The number of nitrogens with zero attached hydrogens (tertiary/aromatic N) is 1. The van der Waals surface area contributed by atoms with Crippen molar-refractivity contribution in [3.8, 4) is 0 Å². The second-order valence-corrected chi connectivity index (χ2v) is 4.73. The van der Waals surface area contributed by atoms with Gasteiger partial charge in [-0.3, -0.25) is 4.79 Å². The Bertz CT molecular complexity index is 641. The number of imidazole rings is 1. The SMILES string of the molecule is CCNC(=O)C(C)n1c(=S)[nH]c2c(C)cccc21. The van der Waals surface area contributed by atoms with Crippen molar-refractivity contribution < 1.29 is 4.79 Å². The number of rotatable bonds is 3. The second-order valence-electron chi connectivity index (χ2n) is 4.34. The van der Waals surface area contributed by atoms with E-state index in [0.29, 0.717) is 11.3 Å². The summed E-state index contributed by atoms with van der Waals surface area (Å²) in [7, 11) is 0. The molecule has 18 heavy (non-hydrogen) atoms. The summed E-state index contributed by atoms with van der Waals surface area (Å²) in [6.07, 6.45) is 0. The quantitative estimate of drug-likeness (QED) is 0.837. The number of aromatic amines is 1. The molecule has 0 saturated carbocycles. The largest absolute Gasteiger partial charge is 0.355 e. The Balaban J connectivity index is 2.57. The Morgan fingerprint density at radius 3 is 2.94 bits per heavy atom. The van der Waals surface area contributed by atoms with Crippen molar-refractivity contribution in [1.82, 2.24) is 14.9 Å². The Labute approximate surface area is 111 Å². The summed E-state index contributed by atoms with van der Waals surface area (Å²) in [6, 6.07) is 5.66. The van der Waals surface area contributed by atoms with Gasteiger partial charge in [0.25, 0.3) is 0 Å². The normalized spacial score (nSPS) is 12.6. The van der Waals surface area contributed by atoms with E-state index in [0.717, 1.165) is 16.6 Å². The van der Waals surface area contributed by atoms with E-state index in [9.17, 15) is 4.79 Å². The minimum Gasteiger partial charge on any atom is -0.355 e. The molecule has 0 saturated heterocycles. The molecule has 4 nitrogen and oxygen atoms in total. The summed E-state index contributed by atoms with van der Waals surface area (Å²) in [5.74, 6) is -0.0176. The topological polar surface area (TPSA) is 49.8 Å². The van der Waals surface area contributed by atoms with E-state index < -0.39 is 0 Å². The van der Waals surface area contributed by atoms with Gasteiger partial charge in [-0.05, 0) is 44.6 Å². The number of aryl methyl sites for hydroxylation is 1. The highest BCUT2D eigenvalue weighted by molar-refractivity contribution is 7.71. The van der Waals surface area contributed by atoms with Crippen molar-refractivity contribution in [3.05, 3.63) is 28.5 Å². The Hall–Kier alpha value is -1.62. The first kappa shape index (κ1) is 12.8. The summed E-state index contributed by atoms with van der Waals surface area (Å²) in [5.41, 5.74) is 3.10. The van der Waals surface area contributed by atoms with Crippen molar-refractivity contribution in [1.29, 1.82) is 0 Å². The lowest BCUT2D eigenvalue weighted by atomic mass is 10.2. The van der Waals surface area contributed by atoms with Crippen LogP contribution in [0.5, 0.6) is 0 Å². The molecule has 0 spiro atoms. The molecular weight excluding hydrogens is 246 g/mol. The number of carbonyl (C=O) groups excluding carboxylic acids is 1. The van der Waals surface area contributed by atoms with Gasteiger partial charge >= 0.3 is 0 Å². The molecule has 2 N–H and O–H groups in total. The predicted molar refractivity (Wildman–Crippen MR) is 75.3 cm³/mol. The average Bonchev–Trinajstić information content (AvgIpc) is 2.66. The highest BCUT2D eigenvalue weighted by Crippen LogP contribution is 2.21. The van der Waals surface area contributed by atoms with Gasteiger partial charge in [-0.15, -0.1) is 0 Å². The molecule has 1 atom stereocenters. The smallest absolute Gasteiger partial charge is 0.242 e. The molecule has 1 amide bonds. The van der Waals surface area contributed by atoms with E-state index in [1.165, 1.54) is 0 Å². The lowest BCUT2D eigenvalue weighted by Crippen LogP contribution is -2.30. The number of benzene rings is 1. The minimum absolute atomic E-state index is 0.0176. The van der Waals surface area contributed by atoms with Crippen molar-refractivity contribution in [3.63, 3.8) is 0 Å². The standard InChI is InChI=1S/C13H17N3OS/c1-4-14-12(17)9(3)16-10-7-5-6-8(2)11(10)15-13(16)18/h5-7,9H,4H2,1-3H3,(H,14,17)(H,15,18). The number of carbonyl (C=O) groups is 1. The van der Waals surface area contributed by atoms with Crippen molar-refractivity contribution in [2.75, 3.05) is 6.54 Å². The van der Waals surface area contributed by atoms with Crippen LogP contribution in [0.25, 0.3) is 11.0 Å². The maximum absolute atomic E-state index is 11.9. The van der Waals surface area contributed by atoms with E-state index in [4.69, 9.17) is 12.2 Å². The minimum atomic E-state index is -0.312. The van der Waals surface area contributed by atoms with Crippen LogP contribution in [0.1, 0.15) is 25.5 Å². The van der Waals surface area contributed by atoms with Gasteiger partial charge in [0.15, 0.2) is 4.77 Å². The molecule has 2 rings (SSSR count). The summed E-state index contributed by atoms with van der Waals surface area (Å²) in [5, 5.41) is 2.82. The third kappa shape index (κ3) is 2.06. The molecule has 0 bridgehead atoms. The number of hydrogen-bond acceptors (Lipinski definition) is 2. The van der Waals surface area contributed by atoms with Crippen molar-refractivity contribution in [2.45, 2.75) is 26.8 Å². The third-order valence-electron chi connectivity index (χ3n) is 3.08. The zero-order valence-electron chi connectivity index (χ0n) is 10.8. The summed E-state index contributed by atoms with van der Waals surface area (Å²) < 4.78 is 2.45. The van der Waals surface area contributed by atoms with Gasteiger partial charge in [-0.25, -0.2) is 0 Å². The molecule has 96 valence electrons. The molecule has 1 aromatic carbocycles. The van der Waals surface area contributed by atoms with Crippen LogP contribution < -0.4 is 5.32 Å². The number of amides is 1. The molecule has 0 aliphatic carbocycles. The van der Waals surface area contributed by atoms with Crippen LogP contribution in [0.3, 0.4) is 0 Å². The maximum Gasteiger partial charge on any atom is 0.242 e. The number of fused-ring (bicyclic) bond motifs is 1. The van der Waals surface area contributed by atoms with Gasteiger partial charge in [0, 0.05) is 6.54 Å². The Morgan fingerprint density at radius 2 is 2.28 bits per heavy atom. The number of para-hydroxylation sites is 1. The van der Waals surface area contributed by atoms with E-state index in [-0.39, 0.29) is 11.9 Å². The highest BCUT2D eigenvalue weighted by atomic mass is 32.1. The third-order valence-corrected chi connectivity index (χ3v) is 3.38. The fraction of sp³-hybridized carbons (Fsp3) is 0.385. The Kier molecular flexibility index (Phi) is 3.52. The Morgan fingerprint density at radius 1 is 1.56 bits per heavy atom. The van der Waals surface area contributed by atoms with E-state index in [1.54, 1.807) is 0 Å². The van der Waals surface area contributed by atoms with Gasteiger partial charge < -0.3 is 14.9 Å². The molecule has 1 unspecified atom stereocenters. The van der Waals surface area contributed by atoms with Gasteiger partial charge in [-0.1, -0.05) is 12.1 Å². The summed E-state index contributed by atoms with van der Waals surface area (Å²) >= 11 is 5.32. The van der Waals surface area contributed by atoms with Gasteiger partial charge in [0.05, 0.1) is 11.0 Å². The van der Waals surface area contributed by atoms with Crippen LogP contribution in [-0.2, 0) is 4.79 Å². The molecule has 1 heterocycles. The number of H-pyrrole nitrogens is 1. The van der Waals surface area contributed by atoms with Crippen LogP contribution in [0.4, 0.5) is 0 Å². The number of aromatic nitrogens is 2. The zero-order chi connectivity index (χ0) is 13.3. The van der Waals surface area contributed by atoms with Gasteiger partial charge in [0.1, 0.15) is 6.04 Å². The molecule has 0 aliphatic heterocycles. The molecular formula is C13H17N3OS. The fourth-order valence-corrected chi connectivity index (χ4v) is 2.47. The van der Waals surface area contributed by atoms with Crippen LogP contribution in [0.15, 0.2) is 18.2 Å². The maximum atomic E-state index is 11.9. The van der Waals surface area contributed by atoms with E-state index in [1.807, 2.05) is 43.5 Å². The highest BCUT2D eigenvalue weighted by Gasteiger charge is 2.18. The number of nitrogens with one attached hydrogen (secondary N) is 2. The molecule has 0 radical (unpaired) electrons. The van der Waals surface area contributed by atoms with Crippen molar-refractivity contribution >= 4 is 29.2 Å². The van der Waals surface area contributed by atoms with E-state index >= 15 is 0 Å². The lowest BCUT2D eigenvalue weighted by Gasteiger charge is -2.14. The summed E-state index contributed by atoms with van der Waals surface area (Å²) in [6.45, 7) is 6.41. The monoisotopic (exact) mass is 263 g/mol. The average molecular weight is 263 g/mol. The number of hydrogen-bond donors (Lipinski definition) is 2. The fourth-order valence-electron chi connectivity index (χ4n) is 2.12. The lowest BCUT2D eigenvalue weighted by molar-refractivity contribution is -0.123. The molecule has 1 aromatic heterocycles. The van der Waals surface area contributed by atoms with Crippen LogP contribution in [0.2, 0.25) is 0 Å². The predicted octanol–water partition coefficient (Wildman–Crippen LogP) is 2.70. The molecule has 2 aromatic rings. The zero-order valence-corrected chi connectivity index (χ0v) is 11.6. The van der Waals surface area contributed by atoms with Crippen molar-refractivity contribution in [2.24, 2.45) is 0 Å². The molecule has 0 fully saturated rings. The number of likely N-dealkylation sites (N-methyl/N-ethyl adjacent to an activating group) is 1. The molecule has 5 heteroatoms. The first-order valence-corrected chi connectivity index (χ1v) is 6.44. The van der Waals surface area contributed by atoms with Crippen LogP contribution in [-0.4, -0.2) is 22.0 Å². The first-order chi connectivity index (χ1) is 8.56. The van der Waals surface area contributed by atoms with Crippen LogP contribution in [0, 0.1) is 11.7 Å². The van der Waals surface area contributed by atoms with Crippen LogP contribution >= 0.6 is 12.2 Å². The van der Waals surface area contributed by atoms with Gasteiger partial charge in [-0.2, -0.15) is 0 Å². The van der Waals surface area contributed by atoms with E-state index in [2.05, 4.69) is 10.3 Å². The van der Waals surface area contributed by atoms with Gasteiger partial charge in [0.2, 0.25) is 5.91 Å².